The minimum atomic E-state index is -0.342. The third-order valence-corrected chi connectivity index (χ3v) is 3.90. The van der Waals surface area contributed by atoms with Gasteiger partial charge >= 0.3 is 5.97 Å². The largest absolute Gasteiger partial charge is 0.469 e. The predicted molar refractivity (Wildman–Crippen MR) is 82.5 cm³/mol. The highest BCUT2D eigenvalue weighted by Crippen LogP contribution is 2.14. The summed E-state index contributed by atoms with van der Waals surface area (Å²) in [6, 6.07) is 3.64. The monoisotopic (exact) mass is 313 g/mol. The summed E-state index contributed by atoms with van der Waals surface area (Å²) < 4.78 is 10.0. The standard InChI is InChI=1S/C15H23NO4S/c1-4-20-9-6-8-16(11-12(2)15(18)19-3)14(17)13-7-5-10-21-13/h5,7,10,12H,4,6,8-9,11H2,1-3H3. The smallest absolute Gasteiger partial charge is 0.310 e. The molecule has 0 saturated carbocycles. The van der Waals surface area contributed by atoms with E-state index in [4.69, 9.17) is 9.47 Å². The number of methoxy groups -OCH3 is 1. The first-order valence-electron chi connectivity index (χ1n) is 7.08. The van der Waals surface area contributed by atoms with Crippen molar-refractivity contribution in [3.8, 4) is 0 Å². The summed E-state index contributed by atoms with van der Waals surface area (Å²) >= 11 is 1.41. The molecule has 0 saturated heterocycles. The Hall–Kier alpha value is -1.40. The molecular weight excluding hydrogens is 290 g/mol. The van der Waals surface area contributed by atoms with E-state index in [9.17, 15) is 9.59 Å². The second-order valence-electron chi connectivity index (χ2n) is 4.70. The van der Waals surface area contributed by atoms with Gasteiger partial charge in [0.15, 0.2) is 0 Å². The SMILES string of the molecule is CCOCCCN(CC(C)C(=O)OC)C(=O)c1cccs1. The molecule has 1 unspecified atom stereocenters. The average molecular weight is 313 g/mol. The number of hydrogen-bond acceptors (Lipinski definition) is 5. The third kappa shape index (κ3) is 5.85. The van der Waals surface area contributed by atoms with Gasteiger partial charge in [0.2, 0.25) is 0 Å². The van der Waals surface area contributed by atoms with Gasteiger partial charge < -0.3 is 14.4 Å². The van der Waals surface area contributed by atoms with E-state index in [1.54, 1.807) is 17.9 Å². The normalized spacial score (nSPS) is 12.0. The molecule has 0 fully saturated rings. The van der Waals surface area contributed by atoms with Crippen LogP contribution in [-0.4, -0.2) is 50.2 Å². The number of amides is 1. The van der Waals surface area contributed by atoms with E-state index in [0.717, 1.165) is 6.42 Å². The number of carbonyl (C=O) groups is 2. The maximum absolute atomic E-state index is 12.5. The van der Waals surface area contributed by atoms with Gasteiger partial charge in [-0.05, 0) is 24.8 Å². The van der Waals surface area contributed by atoms with Crippen molar-refractivity contribution in [2.75, 3.05) is 33.4 Å². The Kier molecular flexibility index (Phi) is 8.00. The lowest BCUT2D eigenvalue weighted by atomic mass is 10.1. The van der Waals surface area contributed by atoms with E-state index >= 15 is 0 Å². The first kappa shape index (κ1) is 17.7. The van der Waals surface area contributed by atoms with Crippen molar-refractivity contribution in [3.63, 3.8) is 0 Å². The Balaban J connectivity index is 2.65. The van der Waals surface area contributed by atoms with Crippen LogP contribution in [0.15, 0.2) is 17.5 Å². The van der Waals surface area contributed by atoms with Gasteiger partial charge in [-0.15, -0.1) is 11.3 Å². The number of nitrogens with zero attached hydrogens (tertiary/aromatic N) is 1. The van der Waals surface area contributed by atoms with E-state index in [0.29, 0.717) is 31.2 Å². The van der Waals surface area contributed by atoms with Crippen LogP contribution in [0.4, 0.5) is 0 Å². The van der Waals surface area contributed by atoms with Crippen LogP contribution < -0.4 is 0 Å². The van der Waals surface area contributed by atoms with Gasteiger partial charge in [0.1, 0.15) is 0 Å². The fourth-order valence-electron chi connectivity index (χ4n) is 1.94. The van der Waals surface area contributed by atoms with Gasteiger partial charge in [-0.1, -0.05) is 13.0 Å². The van der Waals surface area contributed by atoms with E-state index < -0.39 is 0 Å². The van der Waals surface area contributed by atoms with Gasteiger partial charge in [0.05, 0.1) is 17.9 Å². The highest BCUT2D eigenvalue weighted by molar-refractivity contribution is 7.12. The van der Waals surface area contributed by atoms with Crippen LogP contribution in [0.5, 0.6) is 0 Å². The predicted octanol–water partition coefficient (Wildman–Crippen LogP) is 2.43. The Morgan fingerprint density at radius 3 is 2.76 bits per heavy atom. The number of esters is 1. The number of carbonyl (C=O) groups excluding carboxylic acids is 2. The van der Waals surface area contributed by atoms with Crippen molar-refractivity contribution >= 4 is 23.2 Å². The quantitative estimate of drug-likeness (QED) is 0.519. The summed E-state index contributed by atoms with van der Waals surface area (Å²) in [7, 11) is 1.36. The fourth-order valence-corrected chi connectivity index (χ4v) is 2.63. The van der Waals surface area contributed by atoms with Crippen LogP contribution in [0, 0.1) is 5.92 Å². The Labute approximate surface area is 129 Å². The molecule has 0 aliphatic carbocycles. The Morgan fingerprint density at radius 1 is 1.43 bits per heavy atom. The molecule has 0 N–H and O–H groups in total. The minimum absolute atomic E-state index is 0.0442. The van der Waals surface area contributed by atoms with Crippen LogP contribution in [0.25, 0.3) is 0 Å². The van der Waals surface area contributed by atoms with Crippen LogP contribution in [0.3, 0.4) is 0 Å². The lowest BCUT2D eigenvalue weighted by Crippen LogP contribution is -2.38. The second kappa shape index (κ2) is 9.52. The maximum Gasteiger partial charge on any atom is 0.310 e. The molecule has 0 aliphatic rings. The van der Waals surface area contributed by atoms with Crippen LogP contribution in [-0.2, 0) is 14.3 Å². The van der Waals surface area contributed by atoms with Gasteiger partial charge in [0.25, 0.3) is 5.91 Å². The van der Waals surface area contributed by atoms with Crippen molar-refractivity contribution in [2.45, 2.75) is 20.3 Å². The highest BCUT2D eigenvalue weighted by Gasteiger charge is 2.22. The molecule has 1 heterocycles. The van der Waals surface area contributed by atoms with E-state index in [-0.39, 0.29) is 17.8 Å². The summed E-state index contributed by atoms with van der Waals surface area (Å²) in [4.78, 5) is 26.4. The highest BCUT2D eigenvalue weighted by atomic mass is 32.1. The first-order chi connectivity index (χ1) is 10.1. The molecule has 6 heteroatoms. The Bertz CT molecular complexity index is 433. The maximum atomic E-state index is 12.5. The first-order valence-corrected chi connectivity index (χ1v) is 7.96. The lowest BCUT2D eigenvalue weighted by Gasteiger charge is -2.24. The third-order valence-electron chi connectivity index (χ3n) is 3.04. The van der Waals surface area contributed by atoms with Gasteiger partial charge in [-0.2, -0.15) is 0 Å². The zero-order chi connectivity index (χ0) is 15.7. The van der Waals surface area contributed by atoms with E-state index in [1.165, 1.54) is 18.4 Å². The molecule has 1 rings (SSSR count). The van der Waals surface area contributed by atoms with Gasteiger partial charge in [-0.25, -0.2) is 0 Å². The molecule has 0 aliphatic heterocycles. The van der Waals surface area contributed by atoms with E-state index in [1.807, 2.05) is 18.4 Å². The molecular formula is C15H23NO4S. The van der Waals surface area contributed by atoms with Crippen molar-refractivity contribution in [1.29, 1.82) is 0 Å². The Morgan fingerprint density at radius 2 is 2.19 bits per heavy atom. The summed E-state index contributed by atoms with van der Waals surface area (Å²) in [6.07, 6.45) is 0.749. The number of thiophene rings is 1. The van der Waals surface area contributed by atoms with Gasteiger partial charge in [-0.3, -0.25) is 9.59 Å². The number of hydrogen-bond donors (Lipinski definition) is 0. The molecule has 5 nitrogen and oxygen atoms in total. The lowest BCUT2D eigenvalue weighted by molar-refractivity contribution is -0.145. The average Bonchev–Trinajstić information content (AvgIpc) is 3.02. The number of ether oxygens (including phenoxy) is 2. The van der Waals surface area contributed by atoms with Crippen molar-refractivity contribution in [3.05, 3.63) is 22.4 Å². The molecule has 118 valence electrons. The summed E-state index contributed by atoms with van der Waals surface area (Å²) in [5.74, 6) is -0.688. The van der Waals surface area contributed by atoms with Gasteiger partial charge in [0, 0.05) is 26.3 Å². The summed E-state index contributed by atoms with van der Waals surface area (Å²) in [5, 5.41) is 1.87. The minimum Gasteiger partial charge on any atom is -0.469 e. The number of rotatable bonds is 9. The molecule has 1 amide bonds. The zero-order valence-electron chi connectivity index (χ0n) is 12.8. The van der Waals surface area contributed by atoms with Crippen LogP contribution in [0.2, 0.25) is 0 Å². The molecule has 1 aromatic rings. The van der Waals surface area contributed by atoms with Crippen molar-refractivity contribution in [1.82, 2.24) is 4.90 Å². The second-order valence-corrected chi connectivity index (χ2v) is 5.65. The van der Waals surface area contributed by atoms with Crippen LogP contribution >= 0.6 is 11.3 Å². The molecule has 0 aromatic carbocycles. The van der Waals surface area contributed by atoms with Crippen LogP contribution in [0.1, 0.15) is 29.9 Å². The van der Waals surface area contributed by atoms with E-state index in [2.05, 4.69) is 0 Å². The summed E-state index contributed by atoms with van der Waals surface area (Å²) in [6.45, 7) is 5.90. The zero-order valence-corrected chi connectivity index (χ0v) is 13.6. The molecule has 21 heavy (non-hydrogen) atoms. The molecule has 0 radical (unpaired) electrons. The fraction of sp³-hybridized carbons (Fsp3) is 0.600. The van der Waals surface area contributed by atoms with Crippen molar-refractivity contribution < 1.29 is 19.1 Å². The summed E-state index contributed by atoms with van der Waals surface area (Å²) in [5.41, 5.74) is 0. The van der Waals surface area contributed by atoms with Crippen molar-refractivity contribution in [2.24, 2.45) is 5.92 Å². The molecule has 1 aromatic heterocycles. The molecule has 0 bridgehead atoms. The molecule has 1 atom stereocenters. The topological polar surface area (TPSA) is 55.8 Å². The molecule has 0 spiro atoms.